The van der Waals surface area contributed by atoms with E-state index in [0.29, 0.717) is 48.8 Å². The SMILES string of the molecule is [Ac].[NH-]C[C@H]1CN(c2ccc(N3CCN(c4cc5c(cc4F)c(=O)c(C(=O)O)cn5C4CC4)CC3)c(F)c2)C(=O)O1. The molecule has 2 saturated heterocycles. The maximum atomic E-state index is 15.3. The van der Waals surface area contributed by atoms with Crippen molar-refractivity contribution in [3.05, 3.63) is 69.7 Å². The Kier molecular flexibility index (Phi) is 8.10. The van der Waals surface area contributed by atoms with Crippen LogP contribution in [-0.2, 0) is 4.74 Å². The fraction of sp³-hybridized carbons (Fsp3) is 0.370. The number of halogens is 2. The molecule has 6 rings (SSSR count). The molecular formula is C27H26AcF2N5O5-. The van der Waals surface area contributed by atoms with E-state index in [-0.39, 0.29) is 74.1 Å². The van der Waals surface area contributed by atoms with Crippen LogP contribution in [0.1, 0.15) is 29.2 Å². The van der Waals surface area contributed by atoms with Gasteiger partial charge in [0.25, 0.3) is 0 Å². The largest absolute Gasteiger partial charge is 0.674 e. The molecule has 0 spiro atoms. The molecular weight excluding hydrogens is 739 g/mol. The number of carboxylic acid groups (broad SMARTS) is 1. The molecule has 3 heterocycles. The Hall–Kier alpha value is -2.75. The summed E-state index contributed by atoms with van der Waals surface area (Å²) in [6, 6.07) is 7.34. The standard InChI is InChI=1S/C27H26F2N5O5.Ac/c28-20-9-16(34-13-17(12-30)39-27(34)38)3-4-22(20)31-5-7-32(8-6-31)24-11-23-18(10-21(24)29)25(35)19(26(36)37)14-33(23)15-1-2-15;/h3-4,9-11,14-15,17,30H,1-2,5-8,12-13H2,(H,36,37);/q-1;/t17-;/m0./s1. The summed E-state index contributed by atoms with van der Waals surface area (Å²) in [5.74, 6) is -2.45. The molecule has 3 aliphatic rings. The maximum Gasteiger partial charge on any atom is 0.414 e. The molecule has 1 atom stereocenters. The molecule has 13 heteroatoms. The number of carbonyl (C=O) groups is 2. The number of nitrogens with zero attached hydrogens (tertiary/aromatic N) is 4. The summed E-state index contributed by atoms with van der Waals surface area (Å²) in [5.41, 5.74) is 7.86. The molecule has 1 aliphatic carbocycles. The van der Waals surface area contributed by atoms with Crippen LogP contribution in [0, 0.1) is 55.7 Å². The summed E-state index contributed by atoms with van der Waals surface area (Å²) in [6.07, 6.45) is 1.93. The number of benzene rings is 2. The van der Waals surface area contributed by atoms with Crippen LogP contribution in [0.25, 0.3) is 16.6 Å². The van der Waals surface area contributed by atoms with E-state index in [0.717, 1.165) is 18.9 Å². The van der Waals surface area contributed by atoms with Gasteiger partial charge in [-0.2, -0.15) is 0 Å². The van der Waals surface area contributed by atoms with Crippen LogP contribution in [0.2, 0.25) is 0 Å². The number of hydrogen-bond donors (Lipinski definition) is 1. The number of piperazine rings is 1. The molecule has 1 amide bonds. The summed E-state index contributed by atoms with van der Waals surface area (Å²) < 4.78 is 37.2. The predicted molar refractivity (Wildman–Crippen MR) is 141 cm³/mol. The van der Waals surface area contributed by atoms with Gasteiger partial charge in [0.2, 0.25) is 5.43 Å². The molecule has 1 saturated carbocycles. The van der Waals surface area contributed by atoms with Crippen molar-refractivity contribution < 1.29 is 72.3 Å². The second kappa shape index (κ2) is 11.3. The Balaban J connectivity index is 0.00000323. The van der Waals surface area contributed by atoms with Crippen LogP contribution in [0.4, 0.5) is 30.6 Å². The van der Waals surface area contributed by atoms with E-state index in [2.05, 4.69) is 0 Å². The first-order valence-corrected chi connectivity index (χ1v) is 12.8. The normalized spacial score (nSPS) is 19.1. The molecule has 2 aliphatic heterocycles. The Morgan fingerprint density at radius 1 is 1.00 bits per heavy atom. The number of pyridine rings is 1. The molecule has 0 bridgehead atoms. The van der Waals surface area contributed by atoms with Gasteiger partial charge in [0.1, 0.15) is 23.3 Å². The smallest absolute Gasteiger partial charge is 0.414 e. The minimum atomic E-state index is -1.34. The third-order valence-electron chi connectivity index (χ3n) is 7.58. The number of anilines is 3. The fourth-order valence-corrected chi connectivity index (χ4v) is 5.36. The van der Waals surface area contributed by atoms with Gasteiger partial charge < -0.3 is 29.9 Å². The molecule has 10 nitrogen and oxygen atoms in total. The molecule has 3 fully saturated rings. The number of aromatic carboxylic acids is 1. The second-order valence-electron chi connectivity index (χ2n) is 10.1. The Morgan fingerprint density at radius 3 is 2.23 bits per heavy atom. The van der Waals surface area contributed by atoms with E-state index in [9.17, 15) is 19.5 Å². The van der Waals surface area contributed by atoms with Crippen LogP contribution in [0.5, 0.6) is 0 Å². The van der Waals surface area contributed by atoms with Gasteiger partial charge in [0.05, 0.1) is 29.1 Å². The van der Waals surface area contributed by atoms with Crippen molar-refractivity contribution in [1.82, 2.24) is 4.57 Å². The average Bonchev–Trinajstić information content (AvgIpc) is 3.69. The van der Waals surface area contributed by atoms with Crippen molar-refractivity contribution in [2.24, 2.45) is 0 Å². The minimum absolute atomic E-state index is 0. The summed E-state index contributed by atoms with van der Waals surface area (Å²) in [6.45, 7) is 1.75. The zero-order valence-electron chi connectivity index (χ0n) is 21.5. The molecule has 0 unspecified atom stereocenters. The van der Waals surface area contributed by atoms with Gasteiger partial charge in [-0.25, -0.2) is 18.4 Å². The number of cyclic esters (lactones) is 1. The van der Waals surface area contributed by atoms with Crippen LogP contribution < -0.4 is 20.1 Å². The Bertz CT molecular complexity index is 1550. The van der Waals surface area contributed by atoms with E-state index in [4.69, 9.17) is 10.5 Å². The number of hydrogen-bond acceptors (Lipinski definition) is 6. The maximum absolute atomic E-state index is 15.3. The van der Waals surface area contributed by atoms with E-state index in [1.54, 1.807) is 22.8 Å². The van der Waals surface area contributed by atoms with E-state index < -0.39 is 35.2 Å². The van der Waals surface area contributed by atoms with Crippen LogP contribution >= 0.6 is 0 Å². The second-order valence-corrected chi connectivity index (χ2v) is 10.1. The van der Waals surface area contributed by atoms with Crippen LogP contribution in [0.15, 0.2) is 41.3 Å². The molecule has 40 heavy (non-hydrogen) atoms. The van der Waals surface area contributed by atoms with Crippen molar-refractivity contribution in [3.8, 4) is 0 Å². The average molecular weight is 766 g/mol. The first kappa shape index (κ1) is 28.8. The zero-order chi connectivity index (χ0) is 27.4. The number of fused-ring (bicyclic) bond motifs is 1. The number of ether oxygens (including phenoxy) is 1. The van der Waals surface area contributed by atoms with Gasteiger partial charge in [-0.1, -0.05) is 0 Å². The molecule has 2 N–H and O–H groups in total. The van der Waals surface area contributed by atoms with E-state index >= 15 is 8.78 Å². The van der Waals surface area contributed by atoms with Gasteiger partial charge >= 0.3 is 12.1 Å². The number of amides is 1. The van der Waals surface area contributed by atoms with Gasteiger partial charge in [0.15, 0.2) is 0 Å². The Morgan fingerprint density at radius 2 is 1.65 bits per heavy atom. The third kappa shape index (κ3) is 5.19. The van der Waals surface area contributed by atoms with Gasteiger partial charge in [-0.15, -0.1) is 6.54 Å². The summed E-state index contributed by atoms with van der Waals surface area (Å²) in [5, 5.41) is 9.49. The monoisotopic (exact) mass is 765 g/mol. The number of carboxylic acids is 1. The van der Waals surface area contributed by atoms with Crippen molar-refractivity contribution in [2.75, 3.05) is 54.0 Å². The summed E-state index contributed by atoms with van der Waals surface area (Å²) in [4.78, 5) is 41.4. The molecule has 2 aromatic carbocycles. The molecule has 207 valence electrons. The first-order valence-electron chi connectivity index (χ1n) is 12.8. The zero-order valence-corrected chi connectivity index (χ0v) is 26.2. The molecule has 1 radical (unpaired) electrons. The van der Waals surface area contributed by atoms with Crippen molar-refractivity contribution in [1.29, 1.82) is 0 Å². The van der Waals surface area contributed by atoms with Crippen molar-refractivity contribution in [2.45, 2.75) is 25.0 Å². The van der Waals surface area contributed by atoms with Crippen molar-refractivity contribution >= 4 is 40.0 Å². The molecule has 1 aromatic heterocycles. The number of nitrogens with one attached hydrogen (secondary N) is 1. The summed E-state index contributed by atoms with van der Waals surface area (Å²) >= 11 is 0. The predicted octanol–water partition coefficient (Wildman–Crippen LogP) is 4.02. The third-order valence-corrected chi connectivity index (χ3v) is 7.58. The van der Waals surface area contributed by atoms with Crippen molar-refractivity contribution in [3.63, 3.8) is 0 Å². The van der Waals surface area contributed by atoms with Gasteiger partial charge in [-0.05, 0) is 43.2 Å². The minimum Gasteiger partial charge on any atom is -0.674 e. The Labute approximate surface area is 263 Å². The number of rotatable bonds is 6. The van der Waals surface area contributed by atoms with E-state index in [1.807, 2.05) is 9.80 Å². The van der Waals surface area contributed by atoms with Crippen LogP contribution in [-0.4, -0.2) is 67.1 Å². The quantitative estimate of drug-likeness (QED) is 0.403. The first-order chi connectivity index (χ1) is 18.7. The summed E-state index contributed by atoms with van der Waals surface area (Å²) in [7, 11) is 0. The van der Waals surface area contributed by atoms with Gasteiger partial charge in [-0.3, -0.25) is 9.69 Å². The van der Waals surface area contributed by atoms with Gasteiger partial charge in [0, 0.05) is 87.9 Å². The van der Waals surface area contributed by atoms with Crippen LogP contribution in [0.3, 0.4) is 0 Å². The number of carbonyl (C=O) groups excluding carboxylic acids is 1. The fourth-order valence-electron chi connectivity index (χ4n) is 5.36. The van der Waals surface area contributed by atoms with E-state index in [1.165, 1.54) is 17.2 Å². The topological polar surface area (TPSA) is 119 Å². The molecule has 3 aromatic rings. The number of aromatic nitrogens is 1.